The van der Waals surface area contributed by atoms with Gasteiger partial charge in [0.1, 0.15) is 11.3 Å². The van der Waals surface area contributed by atoms with Crippen LogP contribution in [0.15, 0.2) is 48.5 Å². The molecule has 174 valence electrons. The highest BCUT2D eigenvalue weighted by Gasteiger charge is 2.23. The second kappa shape index (κ2) is 9.43. The van der Waals surface area contributed by atoms with Crippen molar-refractivity contribution in [1.82, 2.24) is 19.5 Å². The van der Waals surface area contributed by atoms with Crippen molar-refractivity contribution >= 4 is 34.6 Å². The fourth-order valence-corrected chi connectivity index (χ4v) is 4.30. The van der Waals surface area contributed by atoms with Crippen LogP contribution in [0.4, 0.5) is 5.82 Å². The van der Waals surface area contributed by atoms with E-state index in [2.05, 4.69) is 25.9 Å². The van der Waals surface area contributed by atoms with E-state index in [0.717, 1.165) is 53.3 Å². The molecule has 7 nitrogen and oxygen atoms in total. The van der Waals surface area contributed by atoms with Crippen LogP contribution in [0, 0.1) is 12.8 Å². The van der Waals surface area contributed by atoms with Gasteiger partial charge in [-0.3, -0.25) is 0 Å². The summed E-state index contributed by atoms with van der Waals surface area (Å²) in [7, 11) is 0. The maximum atomic E-state index is 11.7. The fourth-order valence-electron chi connectivity index (χ4n) is 4.17. The van der Waals surface area contributed by atoms with Gasteiger partial charge in [-0.25, -0.2) is 19.7 Å². The number of anilines is 1. The van der Waals surface area contributed by atoms with Gasteiger partial charge in [0.05, 0.1) is 0 Å². The maximum Gasteiger partial charge on any atom is 0.374 e. The van der Waals surface area contributed by atoms with Crippen LogP contribution in [-0.2, 0) is 13.0 Å². The molecule has 8 heteroatoms. The van der Waals surface area contributed by atoms with Gasteiger partial charge in [0.25, 0.3) is 0 Å². The van der Waals surface area contributed by atoms with E-state index in [0.29, 0.717) is 23.0 Å². The first-order valence-corrected chi connectivity index (χ1v) is 11.9. The molecule has 0 spiro atoms. The Hall–Kier alpha value is -3.45. The number of aromatic carboxylic acids is 1. The molecule has 0 saturated heterocycles. The third-order valence-electron chi connectivity index (χ3n) is 6.15. The molecule has 0 aliphatic heterocycles. The van der Waals surface area contributed by atoms with E-state index in [9.17, 15) is 9.90 Å². The Morgan fingerprint density at radius 2 is 1.94 bits per heavy atom. The van der Waals surface area contributed by atoms with Crippen LogP contribution in [0.1, 0.15) is 41.0 Å². The Morgan fingerprint density at radius 1 is 1.15 bits per heavy atom. The smallest absolute Gasteiger partial charge is 0.374 e. The van der Waals surface area contributed by atoms with E-state index < -0.39 is 5.97 Å². The molecule has 2 heterocycles. The summed E-state index contributed by atoms with van der Waals surface area (Å²) >= 11 is 6.06. The summed E-state index contributed by atoms with van der Waals surface area (Å²) in [6, 6.07) is 15.9. The average molecular weight is 476 g/mol. The molecule has 4 aromatic rings. The number of benzene rings is 2. The first-order valence-electron chi connectivity index (χ1n) is 11.5. The number of aryl methyl sites for hydroxylation is 3. The number of carbonyl (C=O) groups is 1. The number of carboxylic acids is 1. The molecule has 2 aromatic heterocycles. The predicted octanol–water partition coefficient (Wildman–Crippen LogP) is 5.61. The largest absolute Gasteiger partial charge is 0.475 e. The van der Waals surface area contributed by atoms with Gasteiger partial charge in [0, 0.05) is 23.7 Å². The van der Waals surface area contributed by atoms with Gasteiger partial charge in [-0.2, -0.15) is 0 Å². The highest BCUT2D eigenvalue weighted by Crippen LogP contribution is 2.33. The predicted molar refractivity (Wildman–Crippen MR) is 133 cm³/mol. The number of carboxylic acid groups (broad SMARTS) is 1. The highest BCUT2D eigenvalue weighted by atomic mass is 35.5. The molecule has 34 heavy (non-hydrogen) atoms. The lowest BCUT2D eigenvalue weighted by molar-refractivity contribution is 0.0684. The number of nitrogens with one attached hydrogen (secondary N) is 1. The van der Waals surface area contributed by atoms with E-state index in [1.54, 1.807) is 0 Å². The SMILES string of the molecule is Cc1cccc(-c2nc3nc(C(=O)O)nc(NCCC4CC4)c3n2CCc2ccc(Cl)cc2)c1. The second-order valence-electron chi connectivity index (χ2n) is 8.87. The molecule has 0 bridgehead atoms. The van der Waals surface area contributed by atoms with Crippen molar-refractivity contribution in [2.75, 3.05) is 11.9 Å². The first kappa shape index (κ1) is 22.3. The molecular weight excluding hydrogens is 450 g/mol. The van der Waals surface area contributed by atoms with Crippen LogP contribution in [-0.4, -0.2) is 37.1 Å². The number of hydrogen-bond acceptors (Lipinski definition) is 5. The summed E-state index contributed by atoms with van der Waals surface area (Å²) < 4.78 is 2.10. The first-order chi connectivity index (χ1) is 16.5. The molecular formula is C26H26ClN5O2. The van der Waals surface area contributed by atoms with E-state index in [4.69, 9.17) is 16.6 Å². The Morgan fingerprint density at radius 3 is 2.65 bits per heavy atom. The molecule has 0 atom stereocenters. The molecule has 2 aromatic carbocycles. The topological polar surface area (TPSA) is 92.9 Å². The molecule has 1 fully saturated rings. The average Bonchev–Trinajstić information content (AvgIpc) is 3.57. The van der Waals surface area contributed by atoms with E-state index in [1.807, 2.05) is 49.4 Å². The van der Waals surface area contributed by atoms with Crippen LogP contribution in [0.2, 0.25) is 5.02 Å². The lowest BCUT2D eigenvalue weighted by Gasteiger charge is -2.13. The quantitative estimate of drug-likeness (QED) is 0.327. The maximum absolute atomic E-state index is 11.7. The summed E-state index contributed by atoms with van der Waals surface area (Å²) in [5.74, 6) is 0.598. The zero-order valence-corrected chi connectivity index (χ0v) is 19.7. The van der Waals surface area contributed by atoms with Crippen LogP contribution in [0.5, 0.6) is 0 Å². The Kier molecular flexibility index (Phi) is 6.20. The van der Waals surface area contributed by atoms with Crippen molar-refractivity contribution in [3.8, 4) is 11.4 Å². The minimum absolute atomic E-state index is 0.250. The van der Waals surface area contributed by atoms with Crippen molar-refractivity contribution in [3.63, 3.8) is 0 Å². The third-order valence-corrected chi connectivity index (χ3v) is 6.40. The van der Waals surface area contributed by atoms with Gasteiger partial charge in [-0.15, -0.1) is 0 Å². The van der Waals surface area contributed by atoms with E-state index in [-0.39, 0.29) is 5.82 Å². The highest BCUT2D eigenvalue weighted by molar-refractivity contribution is 6.30. The van der Waals surface area contributed by atoms with Crippen molar-refractivity contribution in [3.05, 3.63) is 70.5 Å². The number of rotatable bonds is 9. The number of aromatic nitrogens is 4. The van der Waals surface area contributed by atoms with Crippen molar-refractivity contribution < 1.29 is 9.90 Å². The minimum Gasteiger partial charge on any atom is -0.475 e. The normalized spacial score (nSPS) is 13.4. The van der Waals surface area contributed by atoms with Crippen molar-refractivity contribution in [2.45, 2.75) is 39.2 Å². The van der Waals surface area contributed by atoms with Gasteiger partial charge in [0.15, 0.2) is 11.5 Å². The van der Waals surface area contributed by atoms with Crippen LogP contribution >= 0.6 is 11.6 Å². The molecule has 0 amide bonds. The van der Waals surface area contributed by atoms with Crippen LogP contribution in [0.3, 0.4) is 0 Å². The molecule has 1 aliphatic rings. The van der Waals surface area contributed by atoms with Crippen molar-refractivity contribution in [2.24, 2.45) is 5.92 Å². The Bertz CT molecular complexity index is 1350. The summed E-state index contributed by atoms with van der Waals surface area (Å²) in [4.78, 5) is 25.2. The number of hydrogen-bond donors (Lipinski definition) is 2. The molecule has 1 aliphatic carbocycles. The summed E-state index contributed by atoms with van der Waals surface area (Å²) in [5.41, 5.74) is 4.33. The molecule has 0 radical (unpaired) electrons. The van der Waals surface area contributed by atoms with Crippen LogP contribution < -0.4 is 5.32 Å². The second-order valence-corrected chi connectivity index (χ2v) is 9.30. The molecule has 1 saturated carbocycles. The molecule has 2 N–H and O–H groups in total. The van der Waals surface area contributed by atoms with Crippen LogP contribution in [0.25, 0.3) is 22.6 Å². The third kappa shape index (κ3) is 4.89. The molecule has 0 unspecified atom stereocenters. The lowest BCUT2D eigenvalue weighted by atomic mass is 10.1. The van der Waals surface area contributed by atoms with Gasteiger partial charge in [-0.1, -0.05) is 60.3 Å². The van der Waals surface area contributed by atoms with E-state index in [1.165, 1.54) is 12.8 Å². The Labute approximate surface area is 202 Å². The Balaban J connectivity index is 1.61. The fraction of sp³-hybridized carbons (Fsp3) is 0.308. The van der Waals surface area contributed by atoms with Gasteiger partial charge in [-0.05, 0) is 49.4 Å². The van der Waals surface area contributed by atoms with E-state index >= 15 is 0 Å². The number of imidazole rings is 1. The number of fused-ring (bicyclic) bond motifs is 1. The number of nitrogens with zero attached hydrogens (tertiary/aromatic N) is 4. The van der Waals surface area contributed by atoms with Gasteiger partial charge in [0.2, 0.25) is 5.82 Å². The zero-order valence-electron chi connectivity index (χ0n) is 19.0. The zero-order chi connectivity index (χ0) is 23.7. The minimum atomic E-state index is -1.17. The van der Waals surface area contributed by atoms with Gasteiger partial charge < -0.3 is 15.0 Å². The summed E-state index contributed by atoms with van der Waals surface area (Å²) in [6.07, 6.45) is 4.32. The van der Waals surface area contributed by atoms with Gasteiger partial charge >= 0.3 is 5.97 Å². The monoisotopic (exact) mass is 475 g/mol. The summed E-state index contributed by atoms with van der Waals surface area (Å²) in [6.45, 7) is 3.41. The van der Waals surface area contributed by atoms with Crippen molar-refractivity contribution in [1.29, 1.82) is 0 Å². The lowest BCUT2D eigenvalue weighted by Crippen LogP contribution is -2.12. The summed E-state index contributed by atoms with van der Waals surface area (Å²) in [5, 5.41) is 13.7. The molecule has 5 rings (SSSR count). The standard InChI is InChI=1S/C26H26ClN5O2/c1-16-3-2-4-19(15-16)25-31-23-21(32(25)14-12-18-7-9-20(27)10-8-18)22(28-13-11-17-5-6-17)29-24(30-23)26(33)34/h2-4,7-10,15,17H,5-6,11-14H2,1H3,(H,33,34)(H,28,29,30). The number of halogens is 1.